The molecule has 0 fully saturated rings. The van der Waals surface area contributed by atoms with Gasteiger partial charge in [0.05, 0.1) is 27.7 Å². The molecule has 2 N–H and O–H groups in total. The number of benzene rings is 2. The fourth-order valence-electron chi connectivity index (χ4n) is 2.44. The van der Waals surface area contributed by atoms with Gasteiger partial charge in [0.1, 0.15) is 5.75 Å². The number of nitro benzene ring substituents is 2. The van der Waals surface area contributed by atoms with Crippen LogP contribution in [0.2, 0.25) is 0 Å². The molecule has 0 aliphatic carbocycles. The number of ether oxygens (including phenoxy) is 1. The minimum absolute atomic E-state index is 0.299. The summed E-state index contributed by atoms with van der Waals surface area (Å²) in [6.45, 7) is 3.28. The third-order valence-corrected chi connectivity index (χ3v) is 4.13. The Morgan fingerprint density at radius 1 is 1.21 bits per heavy atom. The molecule has 0 saturated carbocycles. The van der Waals surface area contributed by atoms with Crippen LogP contribution in [0.25, 0.3) is 0 Å². The maximum Gasteiger partial charge on any atom is 0.318 e. The molecule has 0 heterocycles. The molecule has 1 amide bonds. The number of hydrogen-bond acceptors (Lipinski definition) is 8. The van der Waals surface area contributed by atoms with Gasteiger partial charge in [-0.2, -0.15) is 5.10 Å². The topological polar surface area (TPSA) is 157 Å². The maximum absolute atomic E-state index is 11.9. The minimum atomic E-state index is -0.963. The Kier molecular flexibility index (Phi) is 6.83. The van der Waals surface area contributed by atoms with Gasteiger partial charge in [0.15, 0.2) is 6.61 Å². The molecule has 11 nitrogen and oxygen atoms in total. The van der Waals surface area contributed by atoms with E-state index >= 15 is 0 Å². The van der Waals surface area contributed by atoms with Gasteiger partial charge in [-0.1, -0.05) is 15.9 Å². The highest BCUT2D eigenvalue weighted by Crippen LogP contribution is 2.33. The van der Waals surface area contributed by atoms with Crippen LogP contribution >= 0.6 is 15.9 Å². The molecule has 0 spiro atoms. The number of phenols is 1. The van der Waals surface area contributed by atoms with E-state index in [0.29, 0.717) is 11.8 Å². The van der Waals surface area contributed by atoms with Crippen molar-refractivity contribution in [1.29, 1.82) is 0 Å². The standard InChI is InChI=1S/C17H15BrN4O7/c1-9-3-12(18)4-10(2)17(9)29-8-15(23)20-19-7-11-5-13(21(25)26)6-14(16(11)24)22(27)28/h3-7,24H,8H2,1-2H3,(H,20,23)/b19-7-. The van der Waals surface area contributed by atoms with Gasteiger partial charge >= 0.3 is 5.69 Å². The highest BCUT2D eigenvalue weighted by Gasteiger charge is 2.23. The van der Waals surface area contributed by atoms with E-state index in [1.165, 1.54) is 0 Å². The first-order valence-electron chi connectivity index (χ1n) is 7.97. The summed E-state index contributed by atoms with van der Waals surface area (Å²) >= 11 is 3.36. The predicted octanol–water partition coefficient (Wildman–Crippen LogP) is 3.12. The summed E-state index contributed by atoms with van der Waals surface area (Å²) < 4.78 is 6.35. The Bertz CT molecular complexity index is 1000. The van der Waals surface area contributed by atoms with Gasteiger partial charge in [0.2, 0.25) is 5.75 Å². The molecule has 0 saturated heterocycles. The number of amides is 1. The number of aromatic hydroxyl groups is 1. The van der Waals surface area contributed by atoms with E-state index in [-0.39, 0.29) is 12.2 Å². The monoisotopic (exact) mass is 466 g/mol. The smallest absolute Gasteiger partial charge is 0.318 e. The molecule has 0 radical (unpaired) electrons. The first kappa shape index (κ1) is 21.8. The van der Waals surface area contributed by atoms with E-state index in [4.69, 9.17) is 4.74 Å². The number of hydrazone groups is 1. The SMILES string of the molecule is Cc1cc(Br)cc(C)c1OCC(=O)N/N=C\c1cc([N+](=O)[O-])cc([N+](=O)[O-])c1O. The molecule has 0 atom stereocenters. The molecule has 0 aliphatic heterocycles. The average Bonchev–Trinajstić information content (AvgIpc) is 2.61. The molecule has 2 rings (SSSR count). The van der Waals surface area contributed by atoms with Crippen LogP contribution in [0.4, 0.5) is 11.4 Å². The van der Waals surface area contributed by atoms with Crippen molar-refractivity contribution >= 4 is 39.4 Å². The van der Waals surface area contributed by atoms with E-state index in [1.54, 1.807) is 0 Å². The molecule has 0 aromatic heterocycles. The highest BCUT2D eigenvalue weighted by molar-refractivity contribution is 9.10. The van der Waals surface area contributed by atoms with Crippen molar-refractivity contribution in [2.45, 2.75) is 13.8 Å². The number of carbonyl (C=O) groups excluding carboxylic acids is 1. The van der Waals surface area contributed by atoms with Crippen LogP contribution in [0, 0.1) is 34.1 Å². The van der Waals surface area contributed by atoms with Crippen LogP contribution in [-0.2, 0) is 4.79 Å². The summed E-state index contributed by atoms with van der Waals surface area (Å²) in [5.74, 6) is -0.905. The third-order valence-electron chi connectivity index (χ3n) is 3.68. The van der Waals surface area contributed by atoms with Gasteiger partial charge in [-0.3, -0.25) is 25.0 Å². The number of non-ortho nitro benzene ring substituents is 1. The average molecular weight is 467 g/mol. The Morgan fingerprint density at radius 3 is 2.38 bits per heavy atom. The lowest BCUT2D eigenvalue weighted by Crippen LogP contribution is -2.25. The van der Waals surface area contributed by atoms with Crippen LogP contribution in [-0.4, -0.2) is 33.7 Å². The first-order chi connectivity index (χ1) is 13.6. The Morgan fingerprint density at radius 2 is 1.83 bits per heavy atom. The normalized spacial score (nSPS) is 10.7. The molecule has 2 aromatic carbocycles. The van der Waals surface area contributed by atoms with Crippen molar-refractivity contribution in [3.63, 3.8) is 0 Å². The van der Waals surface area contributed by atoms with Gasteiger partial charge < -0.3 is 9.84 Å². The van der Waals surface area contributed by atoms with Gasteiger partial charge in [-0.15, -0.1) is 0 Å². The number of halogens is 1. The summed E-state index contributed by atoms with van der Waals surface area (Å²) in [5.41, 5.74) is 2.01. The number of nitrogens with zero attached hydrogens (tertiary/aromatic N) is 3. The first-order valence-corrected chi connectivity index (χ1v) is 8.76. The number of rotatable bonds is 7. The van der Waals surface area contributed by atoms with Crippen LogP contribution in [0.15, 0.2) is 33.8 Å². The maximum atomic E-state index is 11.9. The van der Waals surface area contributed by atoms with Crippen molar-refractivity contribution < 1.29 is 24.5 Å². The molecule has 0 bridgehead atoms. The molecule has 0 unspecified atom stereocenters. The van der Waals surface area contributed by atoms with Crippen LogP contribution in [0.1, 0.15) is 16.7 Å². The zero-order valence-electron chi connectivity index (χ0n) is 15.2. The van der Waals surface area contributed by atoms with Crippen LogP contribution in [0.5, 0.6) is 11.5 Å². The van der Waals surface area contributed by atoms with Gasteiger partial charge in [-0.05, 0) is 37.1 Å². The van der Waals surface area contributed by atoms with Gasteiger partial charge in [-0.25, -0.2) is 5.43 Å². The van der Waals surface area contributed by atoms with Crippen molar-refractivity contribution in [3.05, 3.63) is 65.7 Å². The van der Waals surface area contributed by atoms with Crippen molar-refractivity contribution in [1.82, 2.24) is 5.43 Å². The van der Waals surface area contributed by atoms with E-state index in [0.717, 1.165) is 27.9 Å². The summed E-state index contributed by atoms with van der Waals surface area (Å²) in [7, 11) is 0. The Hall–Kier alpha value is -3.54. The second kappa shape index (κ2) is 9.10. The summed E-state index contributed by atoms with van der Waals surface area (Å²) in [6, 6.07) is 5.18. The summed E-state index contributed by atoms with van der Waals surface area (Å²) in [4.78, 5) is 31.9. The number of carbonyl (C=O) groups is 1. The number of nitrogens with one attached hydrogen (secondary N) is 1. The van der Waals surface area contributed by atoms with E-state index in [1.807, 2.05) is 26.0 Å². The molecule has 2 aromatic rings. The second-order valence-corrected chi connectivity index (χ2v) is 6.78. The quantitative estimate of drug-likeness (QED) is 0.360. The lowest BCUT2D eigenvalue weighted by atomic mass is 10.1. The van der Waals surface area contributed by atoms with E-state index < -0.39 is 32.9 Å². The van der Waals surface area contributed by atoms with Gasteiger partial charge in [0, 0.05) is 10.5 Å². The predicted molar refractivity (Wildman–Crippen MR) is 106 cm³/mol. The molecular weight excluding hydrogens is 452 g/mol. The molecular formula is C17H15BrN4O7. The van der Waals surface area contributed by atoms with Crippen LogP contribution in [0.3, 0.4) is 0 Å². The molecule has 29 heavy (non-hydrogen) atoms. The molecule has 152 valence electrons. The number of phenolic OH excluding ortho intramolecular Hbond substituents is 1. The lowest BCUT2D eigenvalue weighted by molar-refractivity contribution is -0.394. The minimum Gasteiger partial charge on any atom is -0.502 e. The summed E-state index contributed by atoms with van der Waals surface area (Å²) in [5, 5.41) is 35.2. The largest absolute Gasteiger partial charge is 0.502 e. The van der Waals surface area contributed by atoms with Gasteiger partial charge in [0.25, 0.3) is 11.6 Å². The fourth-order valence-corrected chi connectivity index (χ4v) is 3.12. The Labute approximate surface area is 172 Å². The third kappa shape index (κ3) is 5.48. The van der Waals surface area contributed by atoms with Crippen molar-refractivity contribution in [3.8, 4) is 11.5 Å². The molecule has 0 aliphatic rings. The highest BCUT2D eigenvalue weighted by atomic mass is 79.9. The lowest BCUT2D eigenvalue weighted by Gasteiger charge is -2.11. The zero-order chi connectivity index (χ0) is 21.7. The summed E-state index contributed by atoms with van der Waals surface area (Å²) in [6.07, 6.45) is 0.864. The van der Waals surface area contributed by atoms with Crippen LogP contribution < -0.4 is 10.2 Å². The fraction of sp³-hybridized carbons (Fsp3) is 0.176. The number of aryl methyl sites for hydroxylation is 2. The van der Waals surface area contributed by atoms with E-state index in [2.05, 4.69) is 26.5 Å². The number of hydrogen-bond donors (Lipinski definition) is 2. The molecule has 12 heteroatoms. The zero-order valence-corrected chi connectivity index (χ0v) is 16.8. The number of nitro groups is 2. The van der Waals surface area contributed by atoms with Crippen molar-refractivity contribution in [2.75, 3.05) is 6.61 Å². The Balaban J connectivity index is 2.09. The second-order valence-electron chi connectivity index (χ2n) is 5.87. The van der Waals surface area contributed by atoms with E-state index in [9.17, 15) is 30.1 Å². The van der Waals surface area contributed by atoms with Crippen molar-refractivity contribution in [2.24, 2.45) is 5.10 Å².